The molecule has 1 rings (SSSR count). The predicted molar refractivity (Wildman–Crippen MR) is 39.6 cm³/mol. The molecule has 64 valence electrons. The Morgan fingerprint density at radius 1 is 1.33 bits per heavy atom. The van der Waals surface area contributed by atoms with Gasteiger partial charge >= 0.3 is 22.3 Å². The van der Waals surface area contributed by atoms with Crippen molar-refractivity contribution in [1.82, 2.24) is 4.90 Å². The molecular formula is C4INO6. The lowest BCUT2D eigenvalue weighted by Crippen LogP contribution is -2.53. The van der Waals surface area contributed by atoms with Gasteiger partial charge in [0, 0.05) is 0 Å². The van der Waals surface area contributed by atoms with E-state index < -0.39 is 22.3 Å². The first-order valence-corrected chi connectivity index (χ1v) is 3.57. The number of carbonyl (C=O) groups is 4. The highest BCUT2D eigenvalue weighted by atomic mass is 127. The van der Waals surface area contributed by atoms with Crippen LogP contribution in [0.25, 0.3) is 0 Å². The van der Waals surface area contributed by atoms with E-state index in [9.17, 15) is 19.2 Å². The summed E-state index contributed by atoms with van der Waals surface area (Å²) in [6.07, 6.45) is -3.65. The Morgan fingerprint density at radius 2 is 1.83 bits per heavy atom. The topological polar surface area (TPSA) is 90.0 Å². The average Bonchev–Trinajstić information content (AvgIpc) is 1.83. The van der Waals surface area contributed by atoms with Crippen molar-refractivity contribution in [3.05, 3.63) is 0 Å². The monoisotopic (exact) mass is 285 g/mol. The number of cyclic esters (lactones) is 2. The van der Waals surface area contributed by atoms with E-state index in [1.165, 1.54) is 22.6 Å². The first-order valence-electron chi connectivity index (χ1n) is 2.49. The highest BCUT2D eigenvalue weighted by Gasteiger charge is 2.45. The fraction of sp³-hybridized carbons (Fsp3) is 0. The van der Waals surface area contributed by atoms with Crippen molar-refractivity contribution in [2.45, 2.75) is 0 Å². The van der Waals surface area contributed by atoms with Crippen LogP contribution < -0.4 is 0 Å². The van der Waals surface area contributed by atoms with Gasteiger partial charge in [-0.15, -0.1) is 4.90 Å². The van der Waals surface area contributed by atoms with Crippen molar-refractivity contribution in [3.63, 3.8) is 0 Å². The Hall–Kier alpha value is -1.19. The zero-order valence-electron chi connectivity index (χ0n) is 5.27. The first kappa shape index (κ1) is 8.90. The van der Waals surface area contributed by atoms with E-state index in [0.29, 0.717) is 0 Å². The third-order valence-electron chi connectivity index (χ3n) is 0.890. The Kier molecular flexibility index (Phi) is 2.26. The first-order chi connectivity index (χ1) is 5.52. The Balaban J connectivity index is 2.58. The van der Waals surface area contributed by atoms with Gasteiger partial charge in [-0.25, -0.2) is 19.2 Å². The number of halogens is 1. The van der Waals surface area contributed by atoms with Crippen LogP contribution in [0.2, 0.25) is 0 Å². The lowest BCUT2D eigenvalue weighted by molar-refractivity contribution is 0.0566. The van der Waals surface area contributed by atoms with E-state index in [1.54, 1.807) is 0 Å². The summed E-state index contributed by atoms with van der Waals surface area (Å²) in [6.45, 7) is 0. The van der Waals surface area contributed by atoms with Crippen LogP contribution in [0.15, 0.2) is 0 Å². The number of ether oxygens (including phenoxy) is 2. The molecule has 1 heterocycles. The molecule has 0 saturated carbocycles. The van der Waals surface area contributed by atoms with E-state index >= 15 is 0 Å². The van der Waals surface area contributed by atoms with Gasteiger partial charge in [0.2, 0.25) is 0 Å². The van der Waals surface area contributed by atoms with Crippen LogP contribution >= 0.6 is 22.6 Å². The maximum atomic E-state index is 10.6. The van der Waals surface area contributed by atoms with Gasteiger partial charge in [0.1, 0.15) is 0 Å². The highest BCUT2D eigenvalue weighted by Crippen LogP contribution is 2.12. The van der Waals surface area contributed by atoms with E-state index in [2.05, 4.69) is 9.47 Å². The van der Waals surface area contributed by atoms with Crippen molar-refractivity contribution >= 4 is 44.8 Å². The fourth-order valence-corrected chi connectivity index (χ4v) is 0.653. The number of rotatable bonds is 0. The van der Waals surface area contributed by atoms with Crippen LogP contribution in [-0.4, -0.2) is 27.2 Å². The minimum Gasteiger partial charge on any atom is -0.368 e. The standard InChI is InChI=1S/C4INO6/c5-1(7)11-2(8)6-3(9)12-4(6)10. The van der Waals surface area contributed by atoms with E-state index in [0.717, 1.165) is 0 Å². The summed E-state index contributed by atoms with van der Waals surface area (Å²) in [5.74, 6) is 0. The molecule has 1 fully saturated rings. The molecule has 0 atom stereocenters. The molecule has 0 N–H and O–H groups in total. The minimum absolute atomic E-state index is 0.0660. The van der Waals surface area contributed by atoms with E-state index in [1.807, 2.05) is 0 Å². The molecule has 1 aliphatic rings. The number of hydrogen-bond donors (Lipinski definition) is 0. The van der Waals surface area contributed by atoms with Gasteiger partial charge in [-0.2, -0.15) is 0 Å². The quantitative estimate of drug-likeness (QED) is 0.378. The molecular weight excluding hydrogens is 285 g/mol. The number of hydrogen-bond acceptors (Lipinski definition) is 6. The fourth-order valence-electron chi connectivity index (χ4n) is 0.465. The Labute approximate surface area is 78.7 Å². The Bertz CT molecular complexity index is 271. The maximum absolute atomic E-state index is 10.6. The highest BCUT2D eigenvalue weighted by molar-refractivity contribution is 14.1. The van der Waals surface area contributed by atoms with Crippen molar-refractivity contribution in [3.8, 4) is 0 Å². The van der Waals surface area contributed by atoms with E-state index in [-0.39, 0.29) is 4.90 Å². The number of amides is 3. The van der Waals surface area contributed by atoms with Gasteiger partial charge in [-0.05, 0) is 0 Å². The summed E-state index contributed by atoms with van der Waals surface area (Å²) in [7, 11) is 0. The van der Waals surface area contributed by atoms with E-state index in [4.69, 9.17) is 0 Å². The van der Waals surface area contributed by atoms with Crippen molar-refractivity contribution in [2.75, 3.05) is 0 Å². The second-order valence-electron chi connectivity index (χ2n) is 1.57. The Morgan fingerprint density at radius 3 is 2.17 bits per heavy atom. The van der Waals surface area contributed by atoms with Crippen LogP contribution in [0.4, 0.5) is 19.2 Å². The molecule has 12 heavy (non-hydrogen) atoms. The molecule has 0 aromatic carbocycles. The second kappa shape index (κ2) is 3.05. The smallest absolute Gasteiger partial charge is 0.368 e. The summed E-state index contributed by atoms with van der Waals surface area (Å²) in [4.78, 5) is 41.5. The van der Waals surface area contributed by atoms with Crippen LogP contribution in [-0.2, 0) is 9.47 Å². The average molecular weight is 285 g/mol. The lowest BCUT2D eigenvalue weighted by Gasteiger charge is -2.22. The molecule has 7 nitrogen and oxygen atoms in total. The largest absolute Gasteiger partial charge is 0.438 e. The predicted octanol–water partition coefficient (Wildman–Crippen LogP) is 1.25. The molecule has 0 spiro atoms. The van der Waals surface area contributed by atoms with Crippen LogP contribution in [0.5, 0.6) is 0 Å². The molecule has 0 aliphatic carbocycles. The molecule has 1 aliphatic heterocycles. The van der Waals surface area contributed by atoms with Gasteiger partial charge < -0.3 is 9.47 Å². The van der Waals surface area contributed by atoms with Gasteiger partial charge in [-0.3, -0.25) is 0 Å². The number of carbonyl (C=O) groups excluding carboxylic acids is 4. The molecule has 0 aromatic rings. The number of nitrogens with zero attached hydrogens (tertiary/aromatic N) is 1. The summed E-state index contributed by atoms with van der Waals surface area (Å²) >= 11 is 1.17. The van der Waals surface area contributed by atoms with Crippen LogP contribution in [0.3, 0.4) is 0 Å². The van der Waals surface area contributed by atoms with Crippen LogP contribution in [0, 0.1) is 0 Å². The molecule has 0 radical (unpaired) electrons. The van der Waals surface area contributed by atoms with Crippen molar-refractivity contribution in [2.24, 2.45) is 0 Å². The van der Waals surface area contributed by atoms with Gasteiger partial charge in [0.25, 0.3) is 0 Å². The lowest BCUT2D eigenvalue weighted by atomic mass is 10.7. The molecule has 0 bridgehead atoms. The van der Waals surface area contributed by atoms with Crippen LogP contribution in [0.1, 0.15) is 0 Å². The third-order valence-corrected chi connectivity index (χ3v) is 1.11. The second-order valence-corrected chi connectivity index (χ2v) is 2.46. The summed E-state index contributed by atoms with van der Waals surface area (Å²) in [5, 5.41) is 0. The normalized spacial score (nSPS) is 14.9. The zero-order chi connectivity index (χ0) is 9.30. The summed E-state index contributed by atoms with van der Waals surface area (Å²) < 4.78 is 6.76. The summed E-state index contributed by atoms with van der Waals surface area (Å²) in [5.41, 5.74) is 0. The molecule has 0 aromatic heterocycles. The third kappa shape index (κ3) is 1.52. The number of imide groups is 3. The van der Waals surface area contributed by atoms with Gasteiger partial charge in [0.15, 0.2) is 0 Å². The summed E-state index contributed by atoms with van der Waals surface area (Å²) in [6, 6.07) is 0. The van der Waals surface area contributed by atoms with Gasteiger partial charge in [0.05, 0.1) is 22.6 Å². The molecule has 1 saturated heterocycles. The minimum atomic E-state index is -1.35. The zero-order valence-corrected chi connectivity index (χ0v) is 7.43. The molecule has 8 heteroatoms. The SMILES string of the molecule is O=C(I)OC(=O)N1C(=O)OC1=O. The van der Waals surface area contributed by atoms with Gasteiger partial charge in [-0.1, -0.05) is 0 Å². The molecule has 0 unspecified atom stereocenters. The molecule has 3 amide bonds. The van der Waals surface area contributed by atoms with Crippen molar-refractivity contribution < 1.29 is 28.7 Å². The maximum Gasteiger partial charge on any atom is 0.438 e. The van der Waals surface area contributed by atoms with Crippen molar-refractivity contribution in [1.29, 1.82) is 0 Å².